The van der Waals surface area contributed by atoms with E-state index in [9.17, 15) is 9.59 Å². The van der Waals surface area contributed by atoms with Crippen molar-refractivity contribution < 1.29 is 19.1 Å². The summed E-state index contributed by atoms with van der Waals surface area (Å²) in [6.07, 6.45) is 2.04. The van der Waals surface area contributed by atoms with Crippen LogP contribution in [0.25, 0.3) is 10.9 Å². The summed E-state index contributed by atoms with van der Waals surface area (Å²) in [6.45, 7) is 1.01. The Balaban J connectivity index is 1.62. The maximum Gasteiger partial charge on any atom is 0.254 e. The van der Waals surface area contributed by atoms with Crippen molar-refractivity contribution in [1.29, 1.82) is 0 Å². The van der Waals surface area contributed by atoms with E-state index in [1.165, 1.54) is 0 Å². The number of ether oxygens (including phenoxy) is 2. The van der Waals surface area contributed by atoms with Crippen molar-refractivity contribution in [3.63, 3.8) is 0 Å². The fourth-order valence-electron chi connectivity index (χ4n) is 5.44. The Labute approximate surface area is 230 Å². The van der Waals surface area contributed by atoms with Crippen LogP contribution >= 0.6 is 15.9 Å². The molecule has 0 saturated carbocycles. The Bertz CT molecular complexity index is 1500. The SMILES string of the molecule is COCCN1C(=O)c2ccccc2C(C(=O)NCc2cc(Br)ccc2OC)C1c1cn(C)c2ccccc12. The lowest BCUT2D eigenvalue weighted by molar-refractivity contribution is -0.124. The minimum absolute atomic E-state index is 0.103. The number of carbonyl (C=O) groups excluding carboxylic acids is 2. The normalized spacial score (nSPS) is 16.9. The van der Waals surface area contributed by atoms with E-state index in [-0.39, 0.29) is 18.4 Å². The topological polar surface area (TPSA) is 72.8 Å². The van der Waals surface area contributed by atoms with Gasteiger partial charge in [0.15, 0.2) is 0 Å². The van der Waals surface area contributed by atoms with Gasteiger partial charge in [-0.15, -0.1) is 0 Å². The molecule has 0 fully saturated rings. The summed E-state index contributed by atoms with van der Waals surface area (Å²) < 4.78 is 13.8. The first-order chi connectivity index (χ1) is 18.4. The molecular formula is C30H30BrN3O4. The van der Waals surface area contributed by atoms with Gasteiger partial charge in [-0.25, -0.2) is 0 Å². The van der Waals surface area contributed by atoms with E-state index >= 15 is 0 Å². The zero-order valence-corrected chi connectivity index (χ0v) is 23.2. The van der Waals surface area contributed by atoms with E-state index in [4.69, 9.17) is 9.47 Å². The lowest BCUT2D eigenvalue weighted by atomic mass is 9.79. The van der Waals surface area contributed by atoms with Gasteiger partial charge in [0, 0.05) is 65.5 Å². The second-order valence-electron chi connectivity index (χ2n) is 9.39. The number of amides is 2. The molecule has 38 heavy (non-hydrogen) atoms. The van der Waals surface area contributed by atoms with Gasteiger partial charge in [0.1, 0.15) is 5.75 Å². The van der Waals surface area contributed by atoms with Crippen LogP contribution in [0.1, 0.15) is 39.0 Å². The molecule has 2 atom stereocenters. The number of hydrogen-bond acceptors (Lipinski definition) is 4. The van der Waals surface area contributed by atoms with Crippen LogP contribution in [0.4, 0.5) is 0 Å². The van der Waals surface area contributed by atoms with Crippen LogP contribution in [0.15, 0.2) is 77.4 Å². The first kappa shape index (κ1) is 26.0. The molecule has 8 heteroatoms. The minimum atomic E-state index is -0.621. The van der Waals surface area contributed by atoms with Gasteiger partial charge < -0.3 is 24.3 Å². The maximum atomic E-state index is 14.1. The van der Waals surface area contributed by atoms with Gasteiger partial charge in [0.25, 0.3) is 5.91 Å². The van der Waals surface area contributed by atoms with Crippen LogP contribution in [-0.2, 0) is 23.1 Å². The van der Waals surface area contributed by atoms with Gasteiger partial charge in [-0.2, -0.15) is 0 Å². The van der Waals surface area contributed by atoms with Gasteiger partial charge in [-0.05, 0) is 35.9 Å². The Morgan fingerprint density at radius 1 is 1.03 bits per heavy atom. The summed E-state index contributed by atoms with van der Waals surface area (Å²) in [5.74, 6) is -0.189. The number of fused-ring (bicyclic) bond motifs is 2. The second-order valence-corrected chi connectivity index (χ2v) is 10.3. The van der Waals surface area contributed by atoms with Gasteiger partial charge in [-0.1, -0.05) is 52.3 Å². The fraction of sp³-hybridized carbons (Fsp3) is 0.267. The zero-order valence-electron chi connectivity index (χ0n) is 21.6. The van der Waals surface area contributed by atoms with Gasteiger partial charge in [0.05, 0.1) is 25.7 Å². The van der Waals surface area contributed by atoms with Crippen LogP contribution in [0.2, 0.25) is 0 Å². The summed E-state index contributed by atoms with van der Waals surface area (Å²) in [6, 6.07) is 20.7. The van der Waals surface area contributed by atoms with Gasteiger partial charge >= 0.3 is 0 Å². The molecule has 0 bridgehead atoms. The van der Waals surface area contributed by atoms with Crippen molar-refractivity contribution in [3.8, 4) is 5.75 Å². The summed E-state index contributed by atoms with van der Waals surface area (Å²) >= 11 is 3.51. The highest BCUT2D eigenvalue weighted by atomic mass is 79.9. The number of para-hydroxylation sites is 1. The third-order valence-corrected chi connectivity index (χ3v) is 7.69. The van der Waals surface area contributed by atoms with E-state index in [0.29, 0.717) is 24.5 Å². The molecule has 1 N–H and O–H groups in total. The Morgan fingerprint density at radius 2 is 1.79 bits per heavy atom. The van der Waals surface area contributed by atoms with Crippen LogP contribution < -0.4 is 10.1 Å². The van der Waals surface area contributed by atoms with Gasteiger partial charge in [-0.3, -0.25) is 9.59 Å². The van der Waals surface area contributed by atoms with E-state index in [2.05, 4.69) is 21.2 Å². The molecule has 5 rings (SSSR count). The van der Waals surface area contributed by atoms with Crippen LogP contribution in [0.3, 0.4) is 0 Å². The molecule has 0 saturated heterocycles. The van der Waals surface area contributed by atoms with E-state index in [1.807, 2.05) is 78.5 Å². The Hall–Kier alpha value is -3.62. The summed E-state index contributed by atoms with van der Waals surface area (Å²) in [5.41, 5.74) is 4.09. The fourth-order valence-corrected chi connectivity index (χ4v) is 5.85. The molecule has 3 aromatic carbocycles. The number of carbonyl (C=O) groups is 2. The van der Waals surface area contributed by atoms with E-state index in [0.717, 1.165) is 32.1 Å². The predicted molar refractivity (Wildman–Crippen MR) is 150 cm³/mol. The number of aromatic nitrogens is 1. The number of rotatable bonds is 8. The van der Waals surface area contributed by atoms with Crippen molar-refractivity contribution in [2.75, 3.05) is 27.4 Å². The second kappa shape index (κ2) is 11.0. The molecule has 2 amide bonds. The average Bonchev–Trinajstić information content (AvgIpc) is 3.27. The molecule has 4 aromatic rings. The Morgan fingerprint density at radius 3 is 2.58 bits per heavy atom. The number of halogens is 1. The first-order valence-corrected chi connectivity index (χ1v) is 13.3. The predicted octanol–water partition coefficient (Wildman–Crippen LogP) is 5.19. The lowest BCUT2D eigenvalue weighted by Crippen LogP contribution is -2.48. The highest BCUT2D eigenvalue weighted by Crippen LogP contribution is 2.45. The molecule has 0 radical (unpaired) electrons. The number of hydrogen-bond donors (Lipinski definition) is 1. The summed E-state index contributed by atoms with van der Waals surface area (Å²) in [7, 11) is 5.21. The highest BCUT2D eigenvalue weighted by molar-refractivity contribution is 9.10. The number of methoxy groups -OCH3 is 2. The van der Waals surface area contributed by atoms with Crippen LogP contribution in [0.5, 0.6) is 5.75 Å². The lowest BCUT2D eigenvalue weighted by Gasteiger charge is -2.41. The molecule has 196 valence electrons. The van der Waals surface area contributed by atoms with Gasteiger partial charge in [0.2, 0.25) is 5.91 Å². The molecule has 1 aliphatic rings. The molecular weight excluding hydrogens is 546 g/mol. The number of aryl methyl sites for hydroxylation is 1. The minimum Gasteiger partial charge on any atom is -0.496 e. The third-order valence-electron chi connectivity index (χ3n) is 7.20. The monoisotopic (exact) mass is 575 g/mol. The standard InChI is InChI=1S/C30H30BrN3O4/c1-33-18-24(21-8-6-7-11-25(21)33)28-27(29(35)32-17-19-16-20(31)12-13-26(19)38-3)22-9-4-5-10-23(22)30(36)34(28)14-15-37-2/h4-13,16,18,27-28H,14-15,17H2,1-3H3,(H,32,35). The third kappa shape index (κ3) is 4.70. The molecule has 1 aromatic heterocycles. The highest BCUT2D eigenvalue weighted by Gasteiger charge is 2.44. The molecule has 2 heterocycles. The first-order valence-electron chi connectivity index (χ1n) is 12.5. The largest absolute Gasteiger partial charge is 0.496 e. The van der Waals surface area contributed by atoms with E-state index in [1.54, 1.807) is 25.2 Å². The Kier molecular flexibility index (Phi) is 7.53. The number of benzene rings is 3. The molecule has 1 aliphatic heterocycles. The van der Waals surface area contributed by atoms with Crippen molar-refractivity contribution >= 4 is 38.6 Å². The molecule has 0 spiro atoms. The maximum absolute atomic E-state index is 14.1. The molecule has 2 unspecified atom stereocenters. The number of nitrogens with zero attached hydrogens (tertiary/aromatic N) is 2. The van der Waals surface area contributed by atoms with Crippen LogP contribution in [0, 0.1) is 0 Å². The van der Waals surface area contributed by atoms with E-state index < -0.39 is 12.0 Å². The van der Waals surface area contributed by atoms with Crippen LogP contribution in [-0.4, -0.2) is 48.7 Å². The summed E-state index contributed by atoms with van der Waals surface area (Å²) in [5, 5.41) is 4.16. The van der Waals surface area contributed by atoms with Crippen molar-refractivity contribution in [1.82, 2.24) is 14.8 Å². The average molecular weight is 576 g/mol. The number of nitrogens with one attached hydrogen (secondary N) is 1. The smallest absolute Gasteiger partial charge is 0.254 e. The quantitative estimate of drug-likeness (QED) is 0.313. The van der Waals surface area contributed by atoms with Crippen molar-refractivity contribution in [2.45, 2.75) is 18.5 Å². The zero-order chi connectivity index (χ0) is 26.8. The summed E-state index contributed by atoms with van der Waals surface area (Å²) in [4.78, 5) is 29.7. The van der Waals surface area contributed by atoms with Crippen molar-refractivity contribution in [2.24, 2.45) is 7.05 Å². The molecule has 7 nitrogen and oxygen atoms in total. The molecule has 0 aliphatic carbocycles. The van der Waals surface area contributed by atoms with Crippen molar-refractivity contribution in [3.05, 3.63) is 99.7 Å².